The highest BCUT2D eigenvalue weighted by Gasteiger charge is 2.39. The summed E-state index contributed by atoms with van der Waals surface area (Å²) >= 11 is 0. The molecule has 4 nitrogen and oxygen atoms in total. The lowest BCUT2D eigenvalue weighted by atomic mass is 9.90. The van der Waals surface area contributed by atoms with Crippen LogP contribution in [-0.4, -0.2) is 36.3 Å². The molecule has 0 aromatic rings. The first kappa shape index (κ1) is 13.0. The van der Waals surface area contributed by atoms with E-state index in [1.807, 2.05) is 6.92 Å². The summed E-state index contributed by atoms with van der Waals surface area (Å²) in [5.74, 6) is -0.204. The van der Waals surface area contributed by atoms with Crippen LogP contribution in [0.4, 0.5) is 0 Å². The first-order chi connectivity index (χ1) is 7.50. The van der Waals surface area contributed by atoms with Gasteiger partial charge in [-0.3, -0.25) is 9.59 Å². The van der Waals surface area contributed by atoms with E-state index in [2.05, 4.69) is 5.32 Å². The zero-order valence-electron chi connectivity index (χ0n) is 10.5. The Balaban J connectivity index is 2.60. The SMILES string of the molecule is CCCNC(=O)C(C)(C)C(=O)N1CCCC1. The molecule has 0 aromatic heterocycles. The smallest absolute Gasteiger partial charge is 0.237 e. The van der Waals surface area contributed by atoms with Crippen molar-refractivity contribution in [2.75, 3.05) is 19.6 Å². The highest BCUT2D eigenvalue weighted by molar-refractivity contribution is 6.04. The monoisotopic (exact) mass is 226 g/mol. The lowest BCUT2D eigenvalue weighted by molar-refractivity contribution is -0.147. The highest BCUT2D eigenvalue weighted by atomic mass is 16.2. The van der Waals surface area contributed by atoms with Crippen molar-refractivity contribution in [3.63, 3.8) is 0 Å². The van der Waals surface area contributed by atoms with Crippen LogP contribution in [0, 0.1) is 5.41 Å². The van der Waals surface area contributed by atoms with E-state index >= 15 is 0 Å². The number of rotatable bonds is 4. The Morgan fingerprint density at radius 3 is 2.31 bits per heavy atom. The molecule has 4 heteroatoms. The molecule has 1 saturated heterocycles. The van der Waals surface area contributed by atoms with Crippen LogP contribution in [-0.2, 0) is 9.59 Å². The van der Waals surface area contributed by atoms with Gasteiger partial charge in [0.15, 0.2) is 0 Å². The van der Waals surface area contributed by atoms with Gasteiger partial charge in [0.25, 0.3) is 0 Å². The third-order valence-corrected chi connectivity index (χ3v) is 3.03. The first-order valence-corrected chi connectivity index (χ1v) is 6.07. The molecule has 92 valence electrons. The molecule has 2 amide bonds. The number of hydrogen-bond acceptors (Lipinski definition) is 2. The van der Waals surface area contributed by atoms with Crippen molar-refractivity contribution in [3.8, 4) is 0 Å². The molecule has 1 fully saturated rings. The third kappa shape index (κ3) is 2.74. The second kappa shape index (κ2) is 5.32. The fraction of sp³-hybridized carbons (Fsp3) is 0.833. The average molecular weight is 226 g/mol. The van der Waals surface area contributed by atoms with E-state index in [9.17, 15) is 9.59 Å². The second-order valence-corrected chi connectivity index (χ2v) is 4.88. The lowest BCUT2D eigenvalue weighted by Gasteiger charge is -2.27. The summed E-state index contributed by atoms with van der Waals surface area (Å²) in [6, 6.07) is 0. The summed E-state index contributed by atoms with van der Waals surface area (Å²) in [4.78, 5) is 25.8. The summed E-state index contributed by atoms with van der Waals surface area (Å²) in [6.45, 7) is 7.63. The van der Waals surface area contributed by atoms with Crippen LogP contribution in [0.5, 0.6) is 0 Å². The molecule has 1 N–H and O–H groups in total. The summed E-state index contributed by atoms with van der Waals surface area (Å²) in [5, 5.41) is 2.79. The van der Waals surface area contributed by atoms with Crippen molar-refractivity contribution >= 4 is 11.8 Å². The summed E-state index contributed by atoms with van der Waals surface area (Å²) < 4.78 is 0. The van der Waals surface area contributed by atoms with Gasteiger partial charge in [0.1, 0.15) is 5.41 Å². The zero-order valence-corrected chi connectivity index (χ0v) is 10.5. The Labute approximate surface area is 97.4 Å². The van der Waals surface area contributed by atoms with Gasteiger partial charge in [-0.1, -0.05) is 6.92 Å². The zero-order chi connectivity index (χ0) is 12.2. The predicted molar refractivity (Wildman–Crippen MR) is 62.9 cm³/mol. The van der Waals surface area contributed by atoms with Crippen LogP contribution in [0.3, 0.4) is 0 Å². The van der Waals surface area contributed by atoms with E-state index in [1.54, 1.807) is 18.7 Å². The Morgan fingerprint density at radius 2 is 1.81 bits per heavy atom. The maximum Gasteiger partial charge on any atom is 0.237 e. The van der Waals surface area contributed by atoms with Crippen LogP contribution >= 0.6 is 0 Å². The fourth-order valence-electron chi connectivity index (χ4n) is 1.87. The largest absolute Gasteiger partial charge is 0.355 e. The van der Waals surface area contributed by atoms with E-state index in [4.69, 9.17) is 0 Å². The van der Waals surface area contributed by atoms with Crippen LogP contribution in [0.1, 0.15) is 40.0 Å². The first-order valence-electron chi connectivity index (χ1n) is 6.07. The van der Waals surface area contributed by atoms with Crippen molar-refractivity contribution in [3.05, 3.63) is 0 Å². The van der Waals surface area contributed by atoms with E-state index < -0.39 is 5.41 Å². The molecule has 1 rings (SSSR count). The quantitative estimate of drug-likeness (QED) is 0.731. The van der Waals surface area contributed by atoms with Gasteiger partial charge in [0, 0.05) is 19.6 Å². The van der Waals surface area contributed by atoms with Crippen molar-refractivity contribution in [2.45, 2.75) is 40.0 Å². The highest BCUT2D eigenvalue weighted by Crippen LogP contribution is 2.22. The normalized spacial score (nSPS) is 16.3. The average Bonchev–Trinajstić information content (AvgIpc) is 2.77. The summed E-state index contributed by atoms with van der Waals surface area (Å²) in [6.07, 6.45) is 3.00. The molecule has 0 unspecified atom stereocenters. The number of likely N-dealkylation sites (tertiary alicyclic amines) is 1. The Hall–Kier alpha value is -1.06. The topological polar surface area (TPSA) is 49.4 Å². The van der Waals surface area contributed by atoms with Gasteiger partial charge in [0.2, 0.25) is 11.8 Å². The molecule has 0 atom stereocenters. The molecular formula is C12H22N2O2. The summed E-state index contributed by atoms with van der Waals surface area (Å²) in [7, 11) is 0. The minimum absolute atomic E-state index is 0.0430. The van der Waals surface area contributed by atoms with Crippen molar-refractivity contribution in [1.29, 1.82) is 0 Å². The molecule has 0 aromatic carbocycles. The van der Waals surface area contributed by atoms with Gasteiger partial charge in [-0.15, -0.1) is 0 Å². The molecular weight excluding hydrogens is 204 g/mol. The van der Waals surface area contributed by atoms with Crippen LogP contribution in [0.2, 0.25) is 0 Å². The Kier molecular flexibility index (Phi) is 4.33. The van der Waals surface area contributed by atoms with Crippen LogP contribution < -0.4 is 5.32 Å². The van der Waals surface area contributed by atoms with Crippen molar-refractivity contribution < 1.29 is 9.59 Å². The van der Waals surface area contributed by atoms with Gasteiger partial charge < -0.3 is 10.2 Å². The number of nitrogens with zero attached hydrogens (tertiary/aromatic N) is 1. The van der Waals surface area contributed by atoms with Gasteiger partial charge >= 0.3 is 0 Å². The Bertz CT molecular complexity index is 268. The van der Waals surface area contributed by atoms with E-state index in [0.29, 0.717) is 6.54 Å². The van der Waals surface area contributed by atoms with Gasteiger partial charge in [-0.05, 0) is 33.1 Å². The number of hydrogen-bond donors (Lipinski definition) is 1. The molecule has 0 aliphatic carbocycles. The van der Waals surface area contributed by atoms with E-state index in [0.717, 1.165) is 32.4 Å². The molecule has 0 radical (unpaired) electrons. The van der Waals surface area contributed by atoms with E-state index in [-0.39, 0.29) is 11.8 Å². The molecule has 1 aliphatic heterocycles. The maximum absolute atomic E-state index is 12.1. The van der Waals surface area contributed by atoms with E-state index in [1.165, 1.54) is 0 Å². The molecule has 1 aliphatic rings. The number of carbonyl (C=O) groups excluding carboxylic acids is 2. The molecule has 0 bridgehead atoms. The van der Waals surface area contributed by atoms with Crippen LogP contribution in [0.25, 0.3) is 0 Å². The second-order valence-electron chi connectivity index (χ2n) is 4.88. The fourth-order valence-corrected chi connectivity index (χ4v) is 1.87. The molecule has 0 saturated carbocycles. The Morgan fingerprint density at radius 1 is 1.25 bits per heavy atom. The van der Waals surface area contributed by atoms with Gasteiger partial charge in [-0.2, -0.15) is 0 Å². The minimum atomic E-state index is -0.931. The van der Waals surface area contributed by atoms with Gasteiger partial charge in [0.05, 0.1) is 0 Å². The molecule has 0 spiro atoms. The number of carbonyl (C=O) groups is 2. The third-order valence-electron chi connectivity index (χ3n) is 3.03. The number of amides is 2. The minimum Gasteiger partial charge on any atom is -0.355 e. The van der Waals surface area contributed by atoms with Crippen molar-refractivity contribution in [1.82, 2.24) is 10.2 Å². The van der Waals surface area contributed by atoms with Crippen LogP contribution in [0.15, 0.2) is 0 Å². The maximum atomic E-state index is 12.1. The predicted octanol–water partition coefficient (Wildman–Crippen LogP) is 1.16. The van der Waals surface area contributed by atoms with Gasteiger partial charge in [-0.25, -0.2) is 0 Å². The lowest BCUT2D eigenvalue weighted by Crippen LogP contribution is -2.48. The number of nitrogens with one attached hydrogen (secondary N) is 1. The standard InChI is InChI=1S/C12H22N2O2/c1-4-7-13-10(15)12(2,3)11(16)14-8-5-6-9-14/h4-9H2,1-3H3,(H,13,15). The van der Waals surface area contributed by atoms with Crippen molar-refractivity contribution in [2.24, 2.45) is 5.41 Å². The molecule has 16 heavy (non-hydrogen) atoms. The summed E-state index contributed by atoms with van der Waals surface area (Å²) in [5.41, 5.74) is -0.931. The molecule has 1 heterocycles.